The van der Waals surface area contributed by atoms with E-state index in [1.165, 1.54) is 6.20 Å². The van der Waals surface area contributed by atoms with E-state index in [-0.39, 0.29) is 12.5 Å². The van der Waals surface area contributed by atoms with Crippen LogP contribution in [-0.2, 0) is 4.79 Å². The lowest BCUT2D eigenvalue weighted by atomic mass is 10.5. The van der Waals surface area contributed by atoms with E-state index in [1.807, 2.05) is 0 Å². The summed E-state index contributed by atoms with van der Waals surface area (Å²) in [5, 5.41) is 9.29. The zero-order valence-corrected chi connectivity index (χ0v) is 11.6. The molecule has 19 heavy (non-hydrogen) atoms. The summed E-state index contributed by atoms with van der Waals surface area (Å²) in [5.41, 5.74) is 0. The number of anilines is 2. The van der Waals surface area contributed by atoms with E-state index in [2.05, 4.69) is 32.8 Å². The van der Waals surface area contributed by atoms with Crippen molar-refractivity contribution >= 4 is 29.3 Å². The summed E-state index contributed by atoms with van der Waals surface area (Å²) >= 11 is 5.98. The molecule has 104 valence electrons. The Hall–Kier alpha value is -1.56. The predicted molar refractivity (Wildman–Crippen MR) is 75.5 cm³/mol. The monoisotopic (exact) mass is 283 g/mol. The lowest BCUT2D eigenvalue weighted by Gasteiger charge is -2.09. The van der Waals surface area contributed by atoms with Crippen molar-refractivity contribution in [2.75, 3.05) is 23.7 Å². The van der Waals surface area contributed by atoms with Crippen LogP contribution < -0.4 is 16.0 Å². The molecule has 0 bridgehead atoms. The number of hydrogen-bond acceptors (Lipinski definition) is 5. The zero-order chi connectivity index (χ0) is 13.7. The molecule has 0 aliphatic heterocycles. The Morgan fingerprint density at radius 1 is 1.47 bits per heavy atom. The second kappa shape index (κ2) is 6.56. The fourth-order valence-corrected chi connectivity index (χ4v) is 1.64. The maximum Gasteiger partial charge on any atom is 0.239 e. The highest BCUT2D eigenvalue weighted by Crippen LogP contribution is 2.20. The summed E-state index contributed by atoms with van der Waals surface area (Å²) in [6.45, 7) is 3.02. The summed E-state index contributed by atoms with van der Waals surface area (Å²) in [7, 11) is 0. The van der Waals surface area contributed by atoms with E-state index in [0.29, 0.717) is 22.8 Å². The van der Waals surface area contributed by atoms with Gasteiger partial charge in [-0.1, -0.05) is 18.5 Å². The number of amides is 1. The quantitative estimate of drug-likeness (QED) is 0.709. The Bertz CT molecular complexity index is 450. The minimum atomic E-state index is -0.0414. The molecular weight excluding hydrogens is 266 g/mol. The molecule has 0 spiro atoms. The predicted octanol–water partition coefficient (Wildman–Crippen LogP) is 1.64. The maximum absolute atomic E-state index is 11.6. The second-order valence-corrected chi connectivity index (χ2v) is 4.92. The third kappa shape index (κ3) is 4.55. The molecule has 1 fully saturated rings. The van der Waals surface area contributed by atoms with Crippen LogP contribution in [0.15, 0.2) is 6.20 Å². The van der Waals surface area contributed by atoms with Gasteiger partial charge in [0.2, 0.25) is 11.9 Å². The maximum atomic E-state index is 11.6. The van der Waals surface area contributed by atoms with Gasteiger partial charge in [0.1, 0.15) is 5.02 Å². The number of carbonyl (C=O) groups is 1. The molecule has 0 unspecified atom stereocenters. The van der Waals surface area contributed by atoms with Gasteiger partial charge in [0, 0.05) is 12.6 Å². The molecule has 3 N–H and O–H groups in total. The van der Waals surface area contributed by atoms with E-state index < -0.39 is 0 Å². The fraction of sp³-hybridized carbons (Fsp3) is 0.583. The molecule has 6 nitrogen and oxygen atoms in total. The first-order valence-corrected chi connectivity index (χ1v) is 6.86. The highest BCUT2D eigenvalue weighted by atomic mass is 35.5. The Kier molecular flexibility index (Phi) is 4.79. The number of aromatic nitrogens is 2. The van der Waals surface area contributed by atoms with Crippen molar-refractivity contribution in [3.8, 4) is 0 Å². The number of hydrogen-bond donors (Lipinski definition) is 3. The summed E-state index contributed by atoms with van der Waals surface area (Å²) in [6, 6.07) is 0.358. The van der Waals surface area contributed by atoms with Crippen molar-refractivity contribution in [3.05, 3.63) is 11.2 Å². The van der Waals surface area contributed by atoms with Crippen molar-refractivity contribution < 1.29 is 4.79 Å². The van der Waals surface area contributed by atoms with Gasteiger partial charge in [0.25, 0.3) is 0 Å². The highest BCUT2D eigenvalue weighted by molar-refractivity contribution is 6.32. The Morgan fingerprint density at radius 3 is 2.95 bits per heavy atom. The molecule has 7 heteroatoms. The van der Waals surface area contributed by atoms with Crippen LogP contribution in [0.25, 0.3) is 0 Å². The largest absolute Gasteiger partial charge is 0.360 e. The van der Waals surface area contributed by atoms with Crippen molar-refractivity contribution in [1.82, 2.24) is 15.3 Å². The van der Waals surface area contributed by atoms with Crippen molar-refractivity contribution in [2.24, 2.45) is 0 Å². The first-order chi connectivity index (χ1) is 9.19. The van der Waals surface area contributed by atoms with Crippen LogP contribution in [0.5, 0.6) is 0 Å². The molecule has 1 aromatic heterocycles. The van der Waals surface area contributed by atoms with E-state index in [1.54, 1.807) is 0 Å². The molecule has 1 amide bonds. The normalized spacial score (nSPS) is 14.0. The molecule has 1 aliphatic rings. The van der Waals surface area contributed by atoms with Crippen LogP contribution in [-0.4, -0.2) is 35.0 Å². The lowest BCUT2D eigenvalue weighted by Crippen LogP contribution is -2.31. The van der Waals surface area contributed by atoms with Gasteiger partial charge in [-0.2, -0.15) is 4.98 Å². The zero-order valence-electron chi connectivity index (χ0n) is 10.9. The van der Waals surface area contributed by atoms with E-state index in [9.17, 15) is 4.79 Å². The molecule has 1 saturated carbocycles. The smallest absolute Gasteiger partial charge is 0.239 e. The van der Waals surface area contributed by atoms with Crippen LogP contribution in [0, 0.1) is 0 Å². The average Bonchev–Trinajstić information content (AvgIpc) is 3.20. The minimum Gasteiger partial charge on any atom is -0.360 e. The molecule has 0 radical (unpaired) electrons. The summed E-state index contributed by atoms with van der Waals surface area (Å²) in [6.07, 6.45) is 4.66. The van der Waals surface area contributed by atoms with Crippen molar-refractivity contribution in [3.63, 3.8) is 0 Å². The SMILES string of the molecule is CCCNc1ncc(Cl)c(NCC(=O)NC2CC2)n1. The molecule has 0 aromatic carbocycles. The fourth-order valence-electron chi connectivity index (χ4n) is 1.48. The molecule has 2 rings (SSSR count). The third-order valence-corrected chi connectivity index (χ3v) is 2.91. The number of halogens is 1. The lowest BCUT2D eigenvalue weighted by molar-refractivity contribution is -0.119. The molecule has 0 saturated heterocycles. The number of nitrogens with one attached hydrogen (secondary N) is 3. The molecule has 1 heterocycles. The van der Waals surface area contributed by atoms with Gasteiger partial charge in [-0.3, -0.25) is 4.79 Å². The van der Waals surface area contributed by atoms with Gasteiger partial charge in [-0.05, 0) is 19.3 Å². The standard InChI is InChI=1S/C12H18ClN5O/c1-2-5-14-12-16-6-9(13)11(18-12)15-7-10(19)17-8-3-4-8/h6,8H,2-5,7H2,1H3,(H,17,19)(H2,14,15,16,18). The number of carbonyl (C=O) groups excluding carboxylic acids is 1. The second-order valence-electron chi connectivity index (χ2n) is 4.51. The first-order valence-electron chi connectivity index (χ1n) is 6.48. The van der Waals surface area contributed by atoms with Gasteiger partial charge in [-0.25, -0.2) is 4.98 Å². The molecule has 1 aliphatic carbocycles. The van der Waals surface area contributed by atoms with Crippen LogP contribution in [0.3, 0.4) is 0 Å². The topological polar surface area (TPSA) is 78.9 Å². The van der Waals surface area contributed by atoms with Crippen LogP contribution in [0.2, 0.25) is 5.02 Å². The van der Waals surface area contributed by atoms with Gasteiger partial charge in [0.15, 0.2) is 5.82 Å². The van der Waals surface area contributed by atoms with Gasteiger partial charge < -0.3 is 16.0 Å². The Balaban J connectivity index is 1.88. The Morgan fingerprint density at radius 2 is 2.26 bits per heavy atom. The third-order valence-electron chi connectivity index (χ3n) is 2.64. The summed E-state index contributed by atoms with van der Waals surface area (Å²) < 4.78 is 0. The van der Waals surface area contributed by atoms with Gasteiger partial charge in [0.05, 0.1) is 12.7 Å². The first kappa shape index (κ1) is 13.9. The summed E-state index contributed by atoms with van der Waals surface area (Å²) in [4.78, 5) is 19.9. The van der Waals surface area contributed by atoms with Crippen molar-refractivity contribution in [1.29, 1.82) is 0 Å². The molecule has 1 aromatic rings. The van der Waals surface area contributed by atoms with E-state index >= 15 is 0 Å². The minimum absolute atomic E-state index is 0.0414. The summed E-state index contributed by atoms with van der Waals surface area (Å²) in [5.74, 6) is 0.942. The average molecular weight is 284 g/mol. The van der Waals surface area contributed by atoms with Gasteiger partial charge in [-0.15, -0.1) is 0 Å². The highest BCUT2D eigenvalue weighted by Gasteiger charge is 2.23. The number of rotatable bonds is 7. The van der Waals surface area contributed by atoms with Gasteiger partial charge >= 0.3 is 0 Å². The van der Waals surface area contributed by atoms with E-state index in [4.69, 9.17) is 11.6 Å². The van der Waals surface area contributed by atoms with Crippen LogP contribution >= 0.6 is 11.6 Å². The van der Waals surface area contributed by atoms with Crippen molar-refractivity contribution in [2.45, 2.75) is 32.2 Å². The molecular formula is C12H18ClN5O. The van der Waals surface area contributed by atoms with E-state index in [0.717, 1.165) is 25.8 Å². The molecule has 0 atom stereocenters. The number of nitrogens with zero attached hydrogens (tertiary/aromatic N) is 2. The van der Waals surface area contributed by atoms with Crippen LogP contribution in [0.4, 0.5) is 11.8 Å². The van der Waals surface area contributed by atoms with Crippen LogP contribution in [0.1, 0.15) is 26.2 Å². The Labute approximate surface area is 117 Å².